The molecule has 1 aromatic carbocycles. The van der Waals surface area contributed by atoms with Crippen molar-refractivity contribution in [3.8, 4) is 0 Å². The molecule has 0 spiro atoms. The van der Waals surface area contributed by atoms with Crippen LogP contribution in [0.2, 0.25) is 0 Å². The van der Waals surface area contributed by atoms with Gasteiger partial charge in [-0.25, -0.2) is 0 Å². The first-order valence-corrected chi connectivity index (χ1v) is 10.9. The number of hydrogen-bond acceptors (Lipinski definition) is 4. The third kappa shape index (κ3) is 5.29. The van der Waals surface area contributed by atoms with Crippen LogP contribution in [0.25, 0.3) is 5.57 Å². The average molecular weight is 414 g/mol. The molecule has 0 atom stereocenters. The quantitative estimate of drug-likeness (QED) is 0.599. The molecule has 0 saturated carbocycles. The second-order valence-corrected chi connectivity index (χ2v) is 9.33. The lowest BCUT2D eigenvalue weighted by atomic mass is 9.75. The van der Waals surface area contributed by atoms with Gasteiger partial charge in [0.1, 0.15) is 0 Å². The number of benzene rings is 1. The number of ether oxygens (including phenoxy) is 1. The summed E-state index contributed by atoms with van der Waals surface area (Å²) in [6.07, 6.45) is 7.00. The fourth-order valence-corrected chi connectivity index (χ4v) is 4.47. The number of primary amides is 1. The van der Waals surface area contributed by atoms with Gasteiger partial charge in [0.05, 0.1) is 0 Å². The molecule has 30 heavy (non-hydrogen) atoms. The number of nitrogens with two attached hydrogens (primary N) is 1. The lowest BCUT2D eigenvalue weighted by molar-refractivity contribution is -0.118. The molecule has 1 aromatic rings. The number of nitrogens with one attached hydrogen (secondary N) is 2. The van der Waals surface area contributed by atoms with E-state index < -0.39 is 0 Å². The highest BCUT2D eigenvalue weighted by molar-refractivity contribution is 5.98. The maximum atomic E-state index is 12.2. The van der Waals surface area contributed by atoms with E-state index in [1.54, 1.807) is 0 Å². The summed E-state index contributed by atoms with van der Waals surface area (Å²) in [5, 5.41) is 6.51. The van der Waals surface area contributed by atoms with Crippen LogP contribution in [0.5, 0.6) is 0 Å². The van der Waals surface area contributed by atoms with Gasteiger partial charge in [-0.3, -0.25) is 9.59 Å². The first kappa shape index (κ1) is 22.5. The summed E-state index contributed by atoms with van der Waals surface area (Å²) in [5.74, 6) is -0.417. The Morgan fingerprint density at radius 3 is 2.47 bits per heavy atom. The standard InChI is InChI=1S/C24H35N3O3/c1-17(28)26-12-13-27-24(10-14-30-15-11-24)19-4-5-20(22(25)29)21(16-19)18-6-8-23(2,3)9-7-18/h4-6,16,27H,7-15H2,1-3H3,(H2,25,29)(H,26,28). The van der Waals surface area contributed by atoms with Crippen molar-refractivity contribution in [3.05, 3.63) is 41.0 Å². The molecule has 6 heteroatoms. The zero-order valence-electron chi connectivity index (χ0n) is 18.5. The Morgan fingerprint density at radius 2 is 1.87 bits per heavy atom. The predicted molar refractivity (Wildman–Crippen MR) is 119 cm³/mol. The van der Waals surface area contributed by atoms with Crippen molar-refractivity contribution in [1.29, 1.82) is 0 Å². The van der Waals surface area contributed by atoms with Crippen LogP contribution in [-0.2, 0) is 15.1 Å². The minimum Gasteiger partial charge on any atom is -0.381 e. The maximum Gasteiger partial charge on any atom is 0.249 e. The fraction of sp³-hybridized carbons (Fsp3) is 0.583. The molecule has 4 N–H and O–H groups in total. The van der Waals surface area contributed by atoms with E-state index >= 15 is 0 Å². The lowest BCUT2D eigenvalue weighted by Gasteiger charge is -2.39. The Balaban J connectivity index is 1.93. The van der Waals surface area contributed by atoms with Crippen LogP contribution in [-0.4, -0.2) is 38.1 Å². The smallest absolute Gasteiger partial charge is 0.249 e. The normalized spacial score (nSPS) is 20.3. The van der Waals surface area contributed by atoms with E-state index in [2.05, 4.69) is 36.6 Å². The monoisotopic (exact) mass is 413 g/mol. The Hall–Kier alpha value is -2.18. The molecule has 0 bridgehead atoms. The summed E-state index contributed by atoms with van der Waals surface area (Å²) < 4.78 is 5.63. The van der Waals surface area contributed by atoms with Crippen LogP contribution < -0.4 is 16.4 Å². The van der Waals surface area contributed by atoms with Crippen LogP contribution in [0.15, 0.2) is 24.3 Å². The van der Waals surface area contributed by atoms with Gasteiger partial charge in [-0.2, -0.15) is 0 Å². The van der Waals surface area contributed by atoms with Gasteiger partial charge in [0.25, 0.3) is 0 Å². The van der Waals surface area contributed by atoms with Crippen molar-refractivity contribution >= 4 is 17.4 Å². The van der Waals surface area contributed by atoms with Crippen LogP contribution in [0, 0.1) is 5.41 Å². The minimum atomic E-state index is -0.387. The molecule has 1 aliphatic carbocycles. The fourth-order valence-electron chi connectivity index (χ4n) is 4.47. The van der Waals surface area contributed by atoms with Crippen molar-refractivity contribution in [2.75, 3.05) is 26.3 Å². The largest absolute Gasteiger partial charge is 0.381 e. The Kier molecular flexibility index (Phi) is 6.98. The molecule has 0 radical (unpaired) electrons. The van der Waals surface area contributed by atoms with Crippen LogP contribution in [0.3, 0.4) is 0 Å². The van der Waals surface area contributed by atoms with E-state index in [-0.39, 0.29) is 17.4 Å². The molecular weight excluding hydrogens is 378 g/mol. The summed E-state index contributed by atoms with van der Waals surface area (Å²) >= 11 is 0. The topological polar surface area (TPSA) is 93.5 Å². The van der Waals surface area contributed by atoms with Gasteiger partial charge in [0, 0.05) is 44.3 Å². The average Bonchev–Trinajstić information content (AvgIpc) is 2.71. The molecule has 1 heterocycles. The zero-order valence-corrected chi connectivity index (χ0v) is 18.5. The number of rotatable bonds is 7. The molecule has 2 aliphatic rings. The summed E-state index contributed by atoms with van der Waals surface area (Å²) in [6, 6.07) is 6.05. The summed E-state index contributed by atoms with van der Waals surface area (Å²) in [7, 11) is 0. The molecule has 6 nitrogen and oxygen atoms in total. The van der Waals surface area contributed by atoms with Crippen molar-refractivity contribution in [1.82, 2.24) is 10.6 Å². The Morgan fingerprint density at radius 1 is 1.13 bits per heavy atom. The third-order valence-corrected chi connectivity index (χ3v) is 6.46. The SMILES string of the molecule is CC(=O)NCCNC1(c2ccc(C(N)=O)c(C3=CCC(C)(C)CC3)c2)CCOCC1. The molecule has 0 aromatic heterocycles. The van der Waals surface area contributed by atoms with Gasteiger partial charge < -0.3 is 21.1 Å². The molecule has 2 amide bonds. The lowest BCUT2D eigenvalue weighted by Crippen LogP contribution is -2.49. The number of allylic oxidation sites excluding steroid dienone is 2. The minimum absolute atomic E-state index is 0.0296. The van der Waals surface area contributed by atoms with Gasteiger partial charge in [-0.1, -0.05) is 26.0 Å². The van der Waals surface area contributed by atoms with Crippen LogP contribution in [0.1, 0.15) is 74.4 Å². The van der Waals surface area contributed by atoms with Crippen LogP contribution >= 0.6 is 0 Å². The molecule has 3 rings (SSSR count). The number of carbonyl (C=O) groups is 2. The highest BCUT2D eigenvalue weighted by atomic mass is 16.5. The van der Waals surface area contributed by atoms with E-state index in [0.717, 1.165) is 43.2 Å². The number of amides is 2. The van der Waals surface area contributed by atoms with Gasteiger partial charge in [0.2, 0.25) is 11.8 Å². The first-order chi connectivity index (χ1) is 14.2. The molecule has 1 fully saturated rings. The first-order valence-electron chi connectivity index (χ1n) is 10.9. The van der Waals surface area contributed by atoms with Crippen molar-refractivity contribution in [2.24, 2.45) is 11.1 Å². The highest BCUT2D eigenvalue weighted by Crippen LogP contribution is 2.40. The second-order valence-electron chi connectivity index (χ2n) is 9.33. The van der Waals surface area contributed by atoms with Crippen molar-refractivity contribution in [2.45, 2.75) is 58.4 Å². The van der Waals surface area contributed by atoms with Gasteiger partial charge in [0.15, 0.2) is 0 Å². The van der Waals surface area contributed by atoms with Crippen molar-refractivity contribution < 1.29 is 14.3 Å². The van der Waals surface area contributed by atoms with E-state index in [4.69, 9.17) is 10.5 Å². The van der Waals surface area contributed by atoms with Gasteiger partial charge in [-0.15, -0.1) is 0 Å². The summed E-state index contributed by atoms with van der Waals surface area (Å²) in [6.45, 7) is 8.68. The summed E-state index contributed by atoms with van der Waals surface area (Å²) in [4.78, 5) is 23.4. The third-order valence-electron chi connectivity index (χ3n) is 6.46. The van der Waals surface area contributed by atoms with E-state index in [1.165, 1.54) is 12.5 Å². The molecular formula is C24H35N3O3. The van der Waals surface area contributed by atoms with Crippen molar-refractivity contribution in [3.63, 3.8) is 0 Å². The Labute approximate surface area is 179 Å². The van der Waals surface area contributed by atoms with Crippen LogP contribution in [0.4, 0.5) is 0 Å². The second kappa shape index (κ2) is 9.31. The van der Waals surface area contributed by atoms with E-state index in [0.29, 0.717) is 37.3 Å². The van der Waals surface area contributed by atoms with E-state index in [1.807, 2.05) is 12.1 Å². The maximum absolute atomic E-state index is 12.2. The molecule has 1 saturated heterocycles. The zero-order chi connectivity index (χ0) is 21.8. The molecule has 164 valence electrons. The highest BCUT2D eigenvalue weighted by Gasteiger charge is 2.35. The summed E-state index contributed by atoms with van der Waals surface area (Å²) in [5.41, 5.74) is 9.69. The van der Waals surface area contributed by atoms with Gasteiger partial charge >= 0.3 is 0 Å². The van der Waals surface area contributed by atoms with E-state index in [9.17, 15) is 9.59 Å². The van der Waals surface area contributed by atoms with Gasteiger partial charge in [-0.05, 0) is 66.4 Å². The molecule has 0 unspecified atom stereocenters. The molecule has 1 aliphatic heterocycles. The Bertz CT molecular complexity index is 823. The number of carbonyl (C=O) groups excluding carboxylic acids is 2. The number of hydrogen-bond donors (Lipinski definition) is 3. The predicted octanol–water partition coefficient (Wildman–Crippen LogP) is 3.11.